The van der Waals surface area contributed by atoms with Crippen LogP contribution in [0.5, 0.6) is 0 Å². The molecule has 0 atom stereocenters. The van der Waals surface area contributed by atoms with Crippen molar-refractivity contribution >= 4 is 5.82 Å². The molecular formula is C11H15N5. The first kappa shape index (κ1) is 10.6. The summed E-state index contributed by atoms with van der Waals surface area (Å²) >= 11 is 0. The minimum Gasteiger partial charge on any atom is -0.373 e. The third-order valence-corrected chi connectivity index (χ3v) is 2.34. The maximum atomic E-state index is 4.45. The molecule has 2 rings (SSSR count). The third-order valence-electron chi connectivity index (χ3n) is 2.34. The van der Waals surface area contributed by atoms with Crippen LogP contribution >= 0.6 is 0 Å². The smallest absolute Gasteiger partial charge is 0.158 e. The Labute approximate surface area is 94.5 Å². The van der Waals surface area contributed by atoms with Crippen molar-refractivity contribution < 1.29 is 0 Å². The number of rotatable bonds is 3. The molecule has 0 unspecified atom stereocenters. The van der Waals surface area contributed by atoms with Crippen molar-refractivity contribution in [3.05, 3.63) is 30.4 Å². The van der Waals surface area contributed by atoms with E-state index < -0.39 is 0 Å². The zero-order valence-corrected chi connectivity index (χ0v) is 9.68. The van der Waals surface area contributed by atoms with Crippen LogP contribution < -0.4 is 5.32 Å². The lowest BCUT2D eigenvalue weighted by atomic mass is 10.1. The van der Waals surface area contributed by atoms with Gasteiger partial charge in [0.1, 0.15) is 12.1 Å². The molecular weight excluding hydrogens is 202 g/mol. The quantitative estimate of drug-likeness (QED) is 0.852. The van der Waals surface area contributed by atoms with Crippen molar-refractivity contribution in [3.8, 4) is 5.82 Å². The first-order valence-corrected chi connectivity index (χ1v) is 5.26. The monoisotopic (exact) mass is 217 g/mol. The highest BCUT2D eigenvalue weighted by Gasteiger charge is 2.05. The Morgan fingerprint density at radius 1 is 1.31 bits per heavy atom. The summed E-state index contributed by atoms with van der Waals surface area (Å²) in [4.78, 5) is 8.24. The van der Waals surface area contributed by atoms with Crippen LogP contribution in [0.15, 0.2) is 24.7 Å². The first-order chi connectivity index (χ1) is 7.70. The van der Waals surface area contributed by atoms with Crippen LogP contribution in [0.2, 0.25) is 0 Å². The molecule has 0 spiro atoms. The van der Waals surface area contributed by atoms with Gasteiger partial charge in [0.25, 0.3) is 0 Å². The van der Waals surface area contributed by atoms with Gasteiger partial charge in [0, 0.05) is 19.3 Å². The maximum Gasteiger partial charge on any atom is 0.158 e. The molecule has 84 valence electrons. The van der Waals surface area contributed by atoms with Gasteiger partial charge in [-0.2, -0.15) is 5.10 Å². The van der Waals surface area contributed by atoms with Gasteiger partial charge in [-0.05, 0) is 12.0 Å². The molecule has 2 aromatic heterocycles. The van der Waals surface area contributed by atoms with E-state index in [2.05, 4.69) is 34.2 Å². The average molecular weight is 217 g/mol. The Kier molecular flexibility index (Phi) is 2.85. The van der Waals surface area contributed by atoms with Gasteiger partial charge in [-0.3, -0.25) is 0 Å². The second-order valence-electron chi connectivity index (χ2n) is 3.85. The van der Waals surface area contributed by atoms with Gasteiger partial charge in [-0.1, -0.05) is 13.8 Å². The molecule has 0 saturated heterocycles. The number of nitrogens with one attached hydrogen (secondary N) is 1. The molecule has 5 heteroatoms. The van der Waals surface area contributed by atoms with E-state index in [0.29, 0.717) is 5.92 Å². The molecule has 0 aromatic carbocycles. The highest BCUT2D eigenvalue weighted by Crippen LogP contribution is 2.13. The summed E-state index contributed by atoms with van der Waals surface area (Å²) in [6.07, 6.45) is 3.44. The second kappa shape index (κ2) is 4.30. The fourth-order valence-electron chi connectivity index (χ4n) is 1.38. The Hall–Kier alpha value is -1.91. The SMILES string of the molecule is CNc1cc(-n2ccc(C(C)C)n2)ncn1. The molecule has 16 heavy (non-hydrogen) atoms. The van der Waals surface area contributed by atoms with Crippen molar-refractivity contribution in [2.24, 2.45) is 0 Å². The highest BCUT2D eigenvalue weighted by atomic mass is 15.3. The van der Waals surface area contributed by atoms with Gasteiger partial charge >= 0.3 is 0 Å². The van der Waals surface area contributed by atoms with Gasteiger partial charge in [0.2, 0.25) is 0 Å². The highest BCUT2D eigenvalue weighted by molar-refractivity contribution is 5.39. The molecule has 0 aliphatic rings. The van der Waals surface area contributed by atoms with Crippen molar-refractivity contribution in [2.75, 3.05) is 12.4 Å². The molecule has 0 amide bonds. The van der Waals surface area contributed by atoms with E-state index in [0.717, 1.165) is 17.3 Å². The molecule has 0 aliphatic heterocycles. The van der Waals surface area contributed by atoms with Gasteiger partial charge < -0.3 is 5.32 Å². The molecule has 0 radical (unpaired) electrons. The summed E-state index contributed by atoms with van der Waals surface area (Å²) in [6, 6.07) is 3.86. The van der Waals surface area contributed by atoms with E-state index in [4.69, 9.17) is 0 Å². The van der Waals surface area contributed by atoms with Crippen LogP contribution in [0.25, 0.3) is 5.82 Å². The molecule has 0 aliphatic carbocycles. The van der Waals surface area contributed by atoms with Crippen molar-refractivity contribution in [1.82, 2.24) is 19.7 Å². The van der Waals surface area contributed by atoms with E-state index in [1.807, 2.05) is 25.4 Å². The number of anilines is 1. The van der Waals surface area contributed by atoms with Gasteiger partial charge in [-0.25, -0.2) is 14.6 Å². The predicted octanol–water partition coefficient (Wildman–Crippen LogP) is 1.83. The van der Waals surface area contributed by atoms with Crippen LogP contribution in [0.1, 0.15) is 25.5 Å². The Morgan fingerprint density at radius 2 is 2.12 bits per heavy atom. The number of nitrogens with zero attached hydrogens (tertiary/aromatic N) is 4. The van der Waals surface area contributed by atoms with Gasteiger partial charge in [-0.15, -0.1) is 0 Å². The second-order valence-corrected chi connectivity index (χ2v) is 3.85. The largest absolute Gasteiger partial charge is 0.373 e. The molecule has 2 heterocycles. The fraction of sp³-hybridized carbons (Fsp3) is 0.364. The van der Waals surface area contributed by atoms with Crippen molar-refractivity contribution in [3.63, 3.8) is 0 Å². The van der Waals surface area contributed by atoms with Crippen LogP contribution in [-0.2, 0) is 0 Å². The van der Waals surface area contributed by atoms with Crippen LogP contribution in [0.3, 0.4) is 0 Å². The lowest BCUT2D eigenvalue weighted by Gasteiger charge is -2.03. The standard InChI is InChI=1S/C11H15N5/c1-8(2)9-4-5-16(15-9)11-6-10(12-3)13-7-14-11/h4-8H,1-3H3,(H,12,13,14). The van der Waals surface area contributed by atoms with Gasteiger partial charge in [0.15, 0.2) is 5.82 Å². The lowest BCUT2D eigenvalue weighted by molar-refractivity contribution is 0.756. The average Bonchev–Trinajstić information content (AvgIpc) is 2.78. The zero-order chi connectivity index (χ0) is 11.5. The Balaban J connectivity index is 2.34. The molecule has 1 N–H and O–H groups in total. The summed E-state index contributed by atoms with van der Waals surface area (Å²) in [6.45, 7) is 4.23. The fourth-order valence-corrected chi connectivity index (χ4v) is 1.38. The zero-order valence-electron chi connectivity index (χ0n) is 9.68. The minimum absolute atomic E-state index is 0.423. The minimum atomic E-state index is 0.423. The topological polar surface area (TPSA) is 55.6 Å². The summed E-state index contributed by atoms with van der Waals surface area (Å²) in [5.74, 6) is 1.98. The van der Waals surface area contributed by atoms with Crippen LogP contribution in [0, 0.1) is 0 Å². The summed E-state index contributed by atoms with van der Waals surface area (Å²) in [5, 5.41) is 7.43. The van der Waals surface area contributed by atoms with Crippen molar-refractivity contribution in [1.29, 1.82) is 0 Å². The summed E-state index contributed by atoms with van der Waals surface area (Å²) < 4.78 is 1.76. The summed E-state index contributed by atoms with van der Waals surface area (Å²) in [5.41, 5.74) is 1.06. The first-order valence-electron chi connectivity index (χ1n) is 5.26. The molecule has 0 saturated carbocycles. The summed E-state index contributed by atoms with van der Waals surface area (Å²) in [7, 11) is 1.83. The number of aromatic nitrogens is 4. The van der Waals surface area contributed by atoms with Crippen LogP contribution in [-0.4, -0.2) is 26.8 Å². The lowest BCUT2D eigenvalue weighted by Crippen LogP contribution is -2.02. The third kappa shape index (κ3) is 2.03. The van der Waals surface area contributed by atoms with E-state index in [1.54, 1.807) is 4.68 Å². The number of hydrogen-bond acceptors (Lipinski definition) is 4. The Bertz CT molecular complexity index is 475. The normalized spacial score (nSPS) is 10.8. The van der Waals surface area contributed by atoms with Gasteiger partial charge in [0.05, 0.1) is 5.69 Å². The predicted molar refractivity (Wildman–Crippen MR) is 62.8 cm³/mol. The van der Waals surface area contributed by atoms with E-state index in [1.165, 1.54) is 6.33 Å². The number of hydrogen-bond donors (Lipinski definition) is 1. The molecule has 5 nitrogen and oxygen atoms in total. The van der Waals surface area contributed by atoms with E-state index in [9.17, 15) is 0 Å². The molecule has 0 bridgehead atoms. The maximum absolute atomic E-state index is 4.45. The van der Waals surface area contributed by atoms with Crippen LogP contribution in [0.4, 0.5) is 5.82 Å². The molecule has 2 aromatic rings. The van der Waals surface area contributed by atoms with E-state index in [-0.39, 0.29) is 0 Å². The Morgan fingerprint density at radius 3 is 2.75 bits per heavy atom. The van der Waals surface area contributed by atoms with Crippen molar-refractivity contribution in [2.45, 2.75) is 19.8 Å². The molecule has 0 fully saturated rings. The van der Waals surface area contributed by atoms with E-state index >= 15 is 0 Å².